The highest BCUT2D eigenvalue weighted by molar-refractivity contribution is 5.49. The van der Waals surface area contributed by atoms with E-state index < -0.39 is 5.82 Å². The highest BCUT2D eigenvalue weighted by atomic mass is 19.1. The van der Waals surface area contributed by atoms with E-state index in [9.17, 15) is 4.39 Å². The minimum absolute atomic E-state index is 0.298. The maximum absolute atomic E-state index is 13.0. The first kappa shape index (κ1) is 11.5. The molecule has 1 aromatic rings. The third-order valence-corrected chi connectivity index (χ3v) is 1.78. The van der Waals surface area contributed by atoms with E-state index in [2.05, 4.69) is 5.32 Å². The van der Waals surface area contributed by atoms with Crippen LogP contribution in [0.4, 0.5) is 10.1 Å². The Labute approximate surface area is 88.7 Å². The standard InChI is InChI=1S/C11H14FN3/c1-11(2,14)7-15-10-4-8(6-13)3-9(12)5-10/h3-5,15H,7,14H2,1-2H3. The van der Waals surface area contributed by atoms with Crippen molar-refractivity contribution in [3.63, 3.8) is 0 Å². The molecule has 3 N–H and O–H groups in total. The number of hydrogen-bond acceptors (Lipinski definition) is 3. The molecule has 0 amide bonds. The zero-order valence-electron chi connectivity index (χ0n) is 8.84. The molecule has 15 heavy (non-hydrogen) atoms. The second-order valence-electron chi connectivity index (χ2n) is 4.18. The molecule has 0 radical (unpaired) electrons. The molecule has 4 heteroatoms. The summed E-state index contributed by atoms with van der Waals surface area (Å²) in [5, 5.41) is 11.6. The summed E-state index contributed by atoms with van der Waals surface area (Å²) in [7, 11) is 0. The van der Waals surface area contributed by atoms with Crippen molar-refractivity contribution >= 4 is 5.69 Å². The van der Waals surface area contributed by atoms with Crippen molar-refractivity contribution in [1.29, 1.82) is 5.26 Å². The Bertz CT molecular complexity index is 388. The van der Waals surface area contributed by atoms with Crippen molar-refractivity contribution in [2.45, 2.75) is 19.4 Å². The van der Waals surface area contributed by atoms with Gasteiger partial charge in [0, 0.05) is 17.8 Å². The Morgan fingerprint density at radius 2 is 2.13 bits per heavy atom. The third-order valence-electron chi connectivity index (χ3n) is 1.78. The molecule has 0 heterocycles. The Balaban J connectivity index is 2.78. The van der Waals surface area contributed by atoms with Gasteiger partial charge in [-0.1, -0.05) is 0 Å². The van der Waals surface area contributed by atoms with Crippen molar-refractivity contribution in [3.05, 3.63) is 29.6 Å². The van der Waals surface area contributed by atoms with E-state index in [4.69, 9.17) is 11.0 Å². The molecule has 0 aliphatic heterocycles. The van der Waals surface area contributed by atoms with E-state index in [0.717, 1.165) is 0 Å². The summed E-state index contributed by atoms with van der Waals surface area (Å²) >= 11 is 0. The normalized spacial score (nSPS) is 10.9. The molecule has 0 unspecified atom stereocenters. The summed E-state index contributed by atoms with van der Waals surface area (Å²) in [5.41, 5.74) is 6.27. The molecule has 1 rings (SSSR count). The SMILES string of the molecule is CC(C)(N)CNc1cc(F)cc(C#N)c1. The fourth-order valence-corrected chi connectivity index (χ4v) is 1.09. The molecule has 1 aromatic carbocycles. The summed E-state index contributed by atoms with van der Waals surface area (Å²) in [6.45, 7) is 4.25. The number of halogens is 1. The molecule has 80 valence electrons. The highest BCUT2D eigenvalue weighted by Crippen LogP contribution is 2.14. The maximum Gasteiger partial charge on any atom is 0.126 e. The van der Waals surface area contributed by atoms with Gasteiger partial charge in [0.15, 0.2) is 0 Å². The topological polar surface area (TPSA) is 61.8 Å². The maximum atomic E-state index is 13.0. The van der Waals surface area contributed by atoms with Crippen molar-refractivity contribution < 1.29 is 4.39 Å². The average Bonchev–Trinajstić information content (AvgIpc) is 2.13. The second kappa shape index (κ2) is 4.28. The fourth-order valence-electron chi connectivity index (χ4n) is 1.09. The number of hydrogen-bond donors (Lipinski definition) is 2. The Morgan fingerprint density at radius 3 is 2.67 bits per heavy atom. The predicted molar refractivity (Wildman–Crippen MR) is 57.9 cm³/mol. The quantitative estimate of drug-likeness (QED) is 0.795. The van der Waals surface area contributed by atoms with E-state index >= 15 is 0 Å². The van der Waals surface area contributed by atoms with Crippen LogP contribution in [0, 0.1) is 17.1 Å². The predicted octanol–water partition coefficient (Wildman–Crippen LogP) is 1.85. The molecule has 0 bridgehead atoms. The molecule has 0 saturated heterocycles. The van der Waals surface area contributed by atoms with Gasteiger partial charge in [-0.25, -0.2) is 4.39 Å². The molecule has 3 nitrogen and oxygen atoms in total. The van der Waals surface area contributed by atoms with Crippen LogP contribution in [0.5, 0.6) is 0 Å². The number of benzene rings is 1. The highest BCUT2D eigenvalue weighted by Gasteiger charge is 2.10. The van der Waals surface area contributed by atoms with Crippen LogP contribution in [0.3, 0.4) is 0 Å². The fraction of sp³-hybridized carbons (Fsp3) is 0.364. The molecule has 0 aliphatic carbocycles. The first-order valence-electron chi connectivity index (χ1n) is 4.64. The van der Waals surface area contributed by atoms with Crippen LogP contribution >= 0.6 is 0 Å². The van der Waals surface area contributed by atoms with Gasteiger partial charge in [-0.15, -0.1) is 0 Å². The molecule has 0 saturated carbocycles. The van der Waals surface area contributed by atoms with Gasteiger partial charge >= 0.3 is 0 Å². The van der Waals surface area contributed by atoms with E-state index in [1.165, 1.54) is 12.1 Å². The van der Waals surface area contributed by atoms with Crippen LogP contribution in [0.1, 0.15) is 19.4 Å². The van der Waals surface area contributed by atoms with E-state index in [1.807, 2.05) is 19.9 Å². The third kappa shape index (κ3) is 3.96. The number of nitrogens with zero attached hydrogens (tertiary/aromatic N) is 1. The van der Waals surface area contributed by atoms with E-state index in [-0.39, 0.29) is 5.54 Å². The molecule has 0 spiro atoms. The summed E-state index contributed by atoms with van der Waals surface area (Å²) in [5.74, 6) is -0.425. The molecular formula is C11H14FN3. The number of rotatable bonds is 3. The summed E-state index contributed by atoms with van der Waals surface area (Å²) in [6.07, 6.45) is 0. The van der Waals surface area contributed by atoms with E-state index in [0.29, 0.717) is 17.8 Å². The monoisotopic (exact) mass is 207 g/mol. The van der Waals surface area contributed by atoms with Gasteiger partial charge in [-0.05, 0) is 32.0 Å². The summed E-state index contributed by atoms with van der Waals surface area (Å²) in [4.78, 5) is 0. The number of nitriles is 1. The van der Waals surface area contributed by atoms with Gasteiger partial charge in [-0.3, -0.25) is 0 Å². The number of nitrogens with one attached hydrogen (secondary N) is 1. The van der Waals surface area contributed by atoms with Gasteiger partial charge in [0.2, 0.25) is 0 Å². The lowest BCUT2D eigenvalue weighted by Crippen LogP contribution is -2.39. The second-order valence-corrected chi connectivity index (χ2v) is 4.18. The zero-order chi connectivity index (χ0) is 11.5. The van der Waals surface area contributed by atoms with Crippen LogP contribution in [0.15, 0.2) is 18.2 Å². The minimum atomic E-state index is -0.425. The van der Waals surface area contributed by atoms with Crippen LogP contribution in [0.2, 0.25) is 0 Å². The van der Waals surface area contributed by atoms with Crippen LogP contribution in [-0.2, 0) is 0 Å². The largest absolute Gasteiger partial charge is 0.383 e. The molecule has 0 atom stereocenters. The van der Waals surface area contributed by atoms with Gasteiger partial charge in [0.1, 0.15) is 5.82 Å². The Kier molecular flexibility index (Phi) is 3.28. The van der Waals surface area contributed by atoms with Gasteiger partial charge in [0.25, 0.3) is 0 Å². The van der Waals surface area contributed by atoms with Crippen LogP contribution in [0.25, 0.3) is 0 Å². The average molecular weight is 207 g/mol. The Morgan fingerprint density at radius 1 is 1.47 bits per heavy atom. The Hall–Kier alpha value is -1.60. The lowest BCUT2D eigenvalue weighted by atomic mass is 10.1. The zero-order valence-corrected chi connectivity index (χ0v) is 8.84. The first-order valence-corrected chi connectivity index (χ1v) is 4.64. The molecule has 0 aromatic heterocycles. The van der Waals surface area contributed by atoms with Crippen molar-refractivity contribution in [3.8, 4) is 6.07 Å². The minimum Gasteiger partial charge on any atom is -0.383 e. The van der Waals surface area contributed by atoms with Crippen molar-refractivity contribution in [2.24, 2.45) is 5.73 Å². The number of anilines is 1. The lowest BCUT2D eigenvalue weighted by Gasteiger charge is -2.19. The summed E-state index contributed by atoms with van der Waals surface area (Å²) in [6, 6.07) is 6.02. The number of nitrogens with two attached hydrogens (primary N) is 1. The molecule has 0 aliphatic rings. The van der Waals surface area contributed by atoms with Crippen molar-refractivity contribution in [1.82, 2.24) is 0 Å². The van der Waals surface area contributed by atoms with Crippen LogP contribution in [-0.4, -0.2) is 12.1 Å². The van der Waals surface area contributed by atoms with Crippen LogP contribution < -0.4 is 11.1 Å². The molecular weight excluding hydrogens is 193 g/mol. The smallest absolute Gasteiger partial charge is 0.126 e. The van der Waals surface area contributed by atoms with Crippen molar-refractivity contribution in [2.75, 3.05) is 11.9 Å². The molecule has 0 fully saturated rings. The first-order chi connectivity index (χ1) is 6.90. The van der Waals surface area contributed by atoms with Gasteiger partial charge < -0.3 is 11.1 Å². The lowest BCUT2D eigenvalue weighted by molar-refractivity contribution is 0.549. The summed E-state index contributed by atoms with van der Waals surface area (Å²) < 4.78 is 13.0. The van der Waals surface area contributed by atoms with E-state index in [1.54, 1.807) is 6.07 Å². The van der Waals surface area contributed by atoms with Gasteiger partial charge in [-0.2, -0.15) is 5.26 Å². The van der Waals surface area contributed by atoms with Gasteiger partial charge in [0.05, 0.1) is 11.6 Å².